The van der Waals surface area contributed by atoms with Crippen molar-refractivity contribution in [2.24, 2.45) is 0 Å². The van der Waals surface area contributed by atoms with Crippen molar-refractivity contribution in [2.75, 3.05) is 0 Å². The third-order valence-corrected chi connectivity index (χ3v) is 2.54. The van der Waals surface area contributed by atoms with Crippen LogP contribution in [0.15, 0.2) is 24.3 Å². The summed E-state index contributed by atoms with van der Waals surface area (Å²) < 4.78 is 0. The molecule has 0 atom stereocenters. The molecule has 2 rings (SSSR count). The Morgan fingerprint density at radius 2 is 1.94 bits per heavy atom. The number of rotatable bonds is 4. The smallest absolute Gasteiger partial charge is 0.352 e. The first-order chi connectivity index (χ1) is 8.06. The molecule has 0 aliphatic carbocycles. The Hall–Kier alpha value is -2.30. The maximum absolute atomic E-state index is 10.8. The van der Waals surface area contributed by atoms with Gasteiger partial charge in [-0.2, -0.15) is 0 Å². The maximum Gasteiger partial charge on any atom is 0.352 e. The minimum Gasteiger partial charge on any atom is -0.481 e. The van der Waals surface area contributed by atoms with Gasteiger partial charge < -0.3 is 15.2 Å². The van der Waals surface area contributed by atoms with Gasteiger partial charge in [0.15, 0.2) is 0 Å². The molecular formula is C12H11NO4. The Balaban J connectivity index is 2.30. The van der Waals surface area contributed by atoms with E-state index in [0.717, 1.165) is 10.9 Å². The fraction of sp³-hybridized carbons (Fsp3) is 0.167. The monoisotopic (exact) mass is 233 g/mol. The quantitative estimate of drug-likeness (QED) is 0.752. The van der Waals surface area contributed by atoms with E-state index in [9.17, 15) is 9.59 Å². The fourth-order valence-electron chi connectivity index (χ4n) is 1.70. The molecule has 5 nitrogen and oxygen atoms in total. The van der Waals surface area contributed by atoms with Crippen molar-refractivity contribution in [3.8, 4) is 0 Å². The molecule has 0 aliphatic rings. The number of hydrogen-bond acceptors (Lipinski definition) is 2. The molecule has 1 heterocycles. The molecule has 3 N–H and O–H groups in total. The van der Waals surface area contributed by atoms with Gasteiger partial charge >= 0.3 is 11.9 Å². The van der Waals surface area contributed by atoms with Crippen molar-refractivity contribution in [1.82, 2.24) is 4.98 Å². The number of nitrogens with one attached hydrogen (secondary N) is 1. The van der Waals surface area contributed by atoms with Crippen molar-refractivity contribution < 1.29 is 19.8 Å². The highest BCUT2D eigenvalue weighted by atomic mass is 16.4. The molecule has 0 aliphatic heterocycles. The number of carboxylic acid groups (broad SMARTS) is 2. The van der Waals surface area contributed by atoms with E-state index in [1.165, 1.54) is 0 Å². The topological polar surface area (TPSA) is 90.4 Å². The summed E-state index contributed by atoms with van der Waals surface area (Å²) in [6, 6.07) is 6.93. The van der Waals surface area contributed by atoms with E-state index in [0.29, 0.717) is 11.9 Å². The molecule has 5 heteroatoms. The number of carbonyl (C=O) groups is 2. The standard InChI is InChI=1S/C12H11NO4/c14-11(15)4-2-7-1-3-8-6-10(12(16)17)13-9(8)5-7/h1,3,5-6,13H,2,4H2,(H,14,15)(H,16,17). The molecule has 0 radical (unpaired) electrons. The number of benzene rings is 1. The van der Waals surface area contributed by atoms with Gasteiger partial charge in [0, 0.05) is 17.3 Å². The van der Waals surface area contributed by atoms with E-state index in [-0.39, 0.29) is 12.1 Å². The first kappa shape index (κ1) is 11.2. The van der Waals surface area contributed by atoms with Crippen molar-refractivity contribution in [1.29, 1.82) is 0 Å². The van der Waals surface area contributed by atoms with Crippen LogP contribution in [0.2, 0.25) is 0 Å². The minimum atomic E-state index is -1.01. The largest absolute Gasteiger partial charge is 0.481 e. The zero-order chi connectivity index (χ0) is 12.4. The first-order valence-electron chi connectivity index (χ1n) is 5.13. The molecule has 0 unspecified atom stereocenters. The molecule has 0 saturated carbocycles. The van der Waals surface area contributed by atoms with Crippen LogP contribution < -0.4 is 0 Å². The number of aliphatic carboxylic acids is 1. The van der Waals surface area contributed by atoms with E-state index < -0.39 is 11.9 Å². The van der Waals surface area contributed by atoms with Crippen molar-refractivity contribution in [2.45, 2.75) is 12.8 Å². The van der Waals surface area contributed by atoms with Gasteiger partial charge in [-0.1, -0.05) is 12.1 Å². The second kappa shape index (κ2) is 4.29. The van der Waals surface area contributed by atoms with Gasteiger partial charge in [-0.15, -0.1) is 0 Å². The molecule has 0 amide bonds. The predicted octanol–water partition coefficient (Wildman–Crippen LogP) is 1.88. The van der Waals surface area contributed by atoms with E-state index in [1.807, 2.05) is 6.07 Å². The Morgan fingerprint density at radius 1 is 1.18 bits per heavy atom. The lowest BCUT2D eigenvalue weighted by Gasteiger charge is -1.98. The zero-order valence-electron chi connectivity index (χ0n) is 8.93. The van der Waals surface area contributed by atoms with Gasteiger partial charge in [-0.05, 0) is 24.1 Å². The van der Waals surface area contributed by atoms with E-state index in [1.54, 1.807) is 18.2 Å². The SMILES string of the molecule is O=C(O)CCc1ccc2cc(C(=O)O)[nH]c2c1. The third-order valence-electron chi connectivity index (χ3n) is 2.54. The van der Waals surface area contributed by atoms with Crippen LogP contribution in [0, 0.1) is 0 Å². The molecule has 2 aromatic rings. The van der Waals surface area contributed by atoms with Crippen LogP contribution in [0.3, 0.4) is 0 Å². The van der Waals surface area contributed by atoms with Crippen LogP contribution in [0.25, 0.3) is 10.9 Å². The lowest BCUT2D eigenvalue weighted by Crippen LogP contribution is -1.97. The highest BCUT2D eigenvalue weighted by Gasteiger charge is 2.08. The van der Waals surface area contributed by atoms with Crippen molar-refractivity contribution >= 4 is 22.8 Å². The number of aromatic nitrogens is 1. The fourth-order valence-corrected chi connectivity index (χ4v) is 1.70. The molecular weight excluding hydrogens is 222 g/mol. The number of carboxylic acids is 2. The van der Waals surface area contributed by atoms with Gasteiger partial charge in [0.25, 0.3) is 0 Å². The van der Waals surface area contributed by atoms with Crippen LogP contribution in [0.4, 0.5) is 0 Å². The summed E-state index contributed by atoms with van der Waals surface area (Å²) >= 11 is 0. The summed E-state index contributed by atoms with van der Waals surface area (Å²) in [5, 5.41) is 18.2. The van der Waals surface area contributed by atoms with Gasteiger partial charge in [0.2, 0.25) is 0 Å². The summed E-state index contributed by atoms with van der Waals surface area (Å²) in [5.41, 5.74) is 1.72. The second-order valence-electron chi connectivity index (χ2n) is 3.80. The summed E-state index contributed by atoms with van der Waals surface area (Å²) in [7, 11) is 0. The average Bonchev–Trinajstić information content (AvgIpc) is 2.69. The number of aryl methyl sites for hydroxylation is 1. The molecule has 1 aromatic carbocycles. The molecule has 0 spiro atoms. The lowest BCUT2D eigenvalue weighted by atomic mass is 10.1. The summed E-state index contributed by atoms with van der Waals surface area (Å²) in [6.07, 6.45) is 0.505. The Labute approximate surface area is 96.7 Å². The minimum absolute atomic E-state index is 0.0675. The van der Waals surface area contributed by atoms with Crippen molar-refractivity contribution in [3.05, 3.63) is 35.5 Å². The molecule has 88 valence electrons. The Kier molecular flexibility index (Phi) is 2.82. The average molecular weight is 233 g/mol. The van der Waals surface area contributed by atoms with Gasteiger partial charge in [-0.3, -0.25) is 4.79 Å². The van der Waals surface area contributed by atoms with Crippen LogP contribution >= 0.6 is 0 Å². The van der Waals surface area contributed by atoms with Gasteiger partial charge in [0.1, 0.15) is 5.69 Å². The second-order valence-corrected chi connectivity index (χ2v) is 3.80. The van der Waals surface area contributed by atoms with Crippen molar-refractivity contribution in [3.63, 3.8) is 0 Å². The zero-order valence-corrected chi connectivity index (χ0v) is 8.93. The molecule has 0 saturated heterocycles. The Morgan fingerprint density at radius 3 is 2.59 bits per heavy atom. The molecule has 0 fully saturated rings. The summed E-state index contributed by atoms with van der Waals surface area (Å²) in [6.45, 7) is 0. The van der Waals surface area contributed by atoms with E-state index in [2.05, 4.69) is 4.98 Å². The highest BCUT2D eigenvalue weighted by molar-refractivity contribution is 5.93. The molecule has 1 aromatic heterocycles. The predicted molar refractivity (Wildman–Crippen MR) is 61.2 cm³/mol. The Bertz CT molecular complexity index is 585. The number of H-pyrrole nitrogens is 1. The van der Waals surface area contributed by atoms with Crippen LogP contribution in [0.5, 0.6) is 0 Å². The number of aromatic carboxylic acids is 1. The highest BCUT2D eigenvalue weighted by Crippen LogP contribution is 2.18. The van der Waals surface area contributed by atoms with Gasteiger partial charge in [0.05, 0.1) is 0 Å². The van der Waals surface area contributed by atoms with Crippen LogP contribution in [-0.4, -0.2) is 27.1 Å². The third kappa shape index (κ3) is 2.44. The molecule has 17 heavy (non-hydrogen) atoms. The lowest BCUT2D eigenvalue weighted by molar-refractivity contribution is -0.136. The van der Waals surface area contributed by atoms with E-state index >= 15 is 0 Å². The number of fused-ring (bicyclic) bond motifs is 1. The number of hydrogen-bond donors (Lipinski definition) is 3. The van der Waals surface area contributed by atoms with E-state index in [4.69, 9.17) is 10.2 Å². The maximum atomic E-state index is 10.8. The first-order valence-corrected chi connectivity index (χ1v) is 5.13. The molecule has 0 bridgehead atoms. The van der Waals surface area contributed by atoms with Gasteiger partial charge in [-0.25, -0.2) is 4.79 Å². The number of aromatic amines is 1. The van der Waals surface area contributed by atoms with Crippen LogP contribution in [-0.2, 0) is 11.2 Å². The van der Waals surface area contributed by atoms with Crippen LogP contribution in [0.1, 0.15) is 22.5 Å². The summed E-state index contributed by atoms with van der Waals surface area (Å²) in [4.78, 5) is 24.0. The normalized spacial score (nSPS) is 10.6. The summed E-state index contributed by atoms with van der Waals surface area (Å²) in [5.74, 6) is -1.85.